The van der Waals surface area contributed by atoms with Gasteiger partial charge in [-0.05, 0) is 68.3 Å². The number of fused-ring (bicyclic) bond motifs is 1. The van der Waals surface area contributed by atoms with Crippen LogP contribution < -0.4 is 9.64 Å². The number of amides is 1. The van der Waals surface area contributed by atoms with Crippen LogP contribution in [0, 0.1) is 6.92 Å². The number of halogens is 1. The van der Waals surface area contributed by atoms with Crippen LogP contribution in [0.15, 0.2) is 72.8 Å². The van der Waals surface area contributed by atoms with Crippen LogP contribution in [0.3, 0.4) is 0 Å². The van der Waals surface area contributed by atoms with E-state index in [4.69, 9.17) is 21.3 Å². The Morgan fingerprint density at radius 1 is 1.00 bits per heavy atom. The lowest BCUT2D eigenvalue weighted by atomic mass is 10.1. The van der Waals surface area contributed by atoms with Crippen molar-refractivity contribution in [3.63, 3.8) is 0 Å². The van der Waals surface area contributed by atoms with E-state index in [1.807, 2.05) is 59.5 Å². The quantitative estimate of drug-likeness (QED) is 0.279. The fraction of sp³-hybridized carbons (Fsp3) is 0.286. The molecule has 0 aliphatic carbocycles. The number of nitrogens with zero attached hydrogens (tertiary/aromatic N) is 3. The second kappa shape index (κ2) is 9.90. The highest BCUT2D eigenvalue weighted by molar-refractivity contribution is 6.30. The van der Waals surface area contributed by atoms with E-state index in [1.54, 1.807) is 0 Å². The Morgan fingerprint density at radius 3 is 2.56 bits per heavy atom. The Labute approximate surface area is 204 Å². The maximum absolute atomic E-state index is 12.9. The first kappa shape index (κ1) is 22.5. The van der Waals surface area contributed by atoms with Gasteiger partial charge in [-0.2, -0.15) is 0 Å². The number of carbonyl (C=O) groups is 1. The number of para-hydroxylation sites is 2. The fourth-order valence-corrected chi connectivity index (χ4v) is 4.71. The number of imidazole rings is 1. The van der Waals surface area contributed by atoms with Gasteiger partial charge >= 0.3 is 0 Å². The van der Waals surface area contributed by atoms with E-state index < -0.39 is 0 Å². The summed E-state index contributed by atoms with van der Waals surface area (Å²) >= 11 is 6.03. The first-order chi connectivity index (χ1) is 16.6. The minimum Gasteiger partial charge on any atom is -0.494 e. The van der Waals surface area contributed by atoms with Crippen molar-refractivity contribution >= 4 is 34.2 Å². The summed E-state index contributed by atoms with van der Waals surface area (Å²) in [5.74, 6) is 2.08. The number of benzene rings is 3. The first-order valence-corrected chi connectivity index (χ1v) is 12.2. The second-order valence-corrected chi connectivity index (χ2v) is 9.30. The molecule has 34 heavy (non-hydrogen) atoms. The lowest BCUT2D eigenvalue weighted by Gasteiger charge is -2.17. The summed E-state index contributed by atoms with van der Waals surface area (Å²) < 4.78 is 8.19. The second-order valence-electron chi connectivity index (χ2n) is 8.86. The Bertz CT molecular complexity index is 1280. The lowest BCUT2D eigenvalue weighted by Crippen LogP contribution is -2.24. The van der Waals surface area contributed by atoms with Gasteiger partial charge in [0.2, 0.25) is 5.91 Å². The maximum atomic E-state index is 12.9. The number of hydrogen-bond donors (Lipinski definition) is 0. The number of hydrogen-bond acceptors (Lipinski definition) is 3. The molecular formula is C28H28ClN3O2. The smallest absolute Gasteiger partial charge is 0.227 e. The van der Waals surface area contributed by atoms with Crippen molar-refractivity contribution in [2.45, 2.75) is 38.6 Å². The molecule has 0 saturated carbocycles. The standard InChI is InChI=1S/C28H28ClN3O2/c1-20-8-14-24(15-9-20)34-17-5-4-16-31-26-7-3-2-6-25(26)30-28(31)21-18-27(33)32(19-21)23-12-10-22(29)11-13-23/h2-3,6-15,21H,4-5,16-19H2,1H3/t21-/m0/s1. The van der Waals surface area contributed by atoms with Crippen molar-refractivity contribution in [1.29, 1.82) is 0 Å². The molecular weight excluding hydrogens is 446 g/mol. The van der Waals surface area contributed by atoms with Crippen LogP contribution in [0.1, 0.15) is 36.6 Å². The van der Waals surface area contributed by atoms with Gasteiger partial charge in [0.05, 0.1) is 17.6 Å². The minimum atomic E-state index is 0.0550. The molecule has 5 rings (SSSR count). The van der Waals surface area contributed by atoms with Crippen molar-refractivity contribution in [2.75, 3.05) is 18.1 Å². The van der Waals surface area contributed by atoms with Gasteiger partial charge in [-0.1, -0.05) is 41.4 Å². The molecule has 0 spiro atoms. The molecule has 0 bridgehead atoms. The molecule has 6 heteroatoms. The number of unbranched alkanes of at least 4 members (excludes halogenated alkanes) is 1. The zero-order chi connectivity index (χ0) is 23.5. The summed E-state index contributed by atoms with van der Waals surface area (Å²) in [6.45, 7) is 4.22. The molecule has 1 fully saturated rings. The SMILES string of the molecule is Cc1ccc(OCCCCn2c([C@H]3CC(=O)N(c4ccc(Cl)cc4)C3)nc3ccccc32)cc1. The number of rotatable bonds is 8. The van der Waals surface area contributed by atoms with Gasteiger partial charge in [-0.3, -0.25) is 4.79 Å². The van der Waals surface area contributed by atoms with Gasteiger partial charge < -0.3 is 14.2 Å². The van der Waals surface area contributed by atoms with Gasteiger partial charge in [0.15, 0.2) is 0 Å². The van der Waals surface area contributed by atoms with E-state index in [0.29, 0.717) is 24.6 Å². The number of ether oxygens (including phenoxy) is 1. The molecule has 4 aromatic rings. The fourth-order valence-electron chi connectivity index (χ4n) is 4.59. The van der Waals surface area contributed by atoms with Crippen LogP contribution in [0.25, 0.3) is 11.0 Å². The summed E-state index contributed by atoms with van der Waals surface area (Å²) in [7, 11) is 0. The van der Waals surface area contributed by atoms with Crippen LogP contribution in [0.2, 0.25) is 5.02 Å². The van der Waals surface area contributed by atoms with Crippen LogP contribution >= 0.6 is 11.6 Å². The van der Waals surface area contributed by atoms with Gasteiger partial charge in [-0.25, -0.2) is 4.98 Å². The van der Waals surface area contributed by atoms with Crippen molar-refractivity contribution in [1.82, 2.24) is 9.55 Å². The highest BCUT2D eigenvalue weighted by Crippen LogP contribution is 2.33. The predicted molar refractivity (Wildman–Crippen MR) is 137 cm³/mol. The third kappa shape index (κ3) is 4.80. The van der Waals surface area contributed by atoms with Gasteiger partial charge in [0, 0.05) is 36.1 Å². The third-order valence-electron chi connectivity index (χ3n) is 6.38. The lowest BCUT2D eigenvalue weighted by molar-refractivity contribution is -0.117. The highest BCUT2D eigenvalue weighted by atomic mass is 35.5. The number of carbonyl (C=O) groups excluding carboxylic acids is 1. The van der Waals surface area contributed by atoms with E-state index >= 15 is 0 Å². The van der Waals surface area contributed by atoms with E-state index in [1.165, 1.54) is 5.56 Å². The zero-order valence-electron chi connectivity index (χ0n) is 19.3. The predicted octanol–water partition coefficient (Wildman–Crippen LogP) is 6.38. The number of anilines is 1. The molecule has 1 aromatic heterocycles. The molecule has 1 saturated heterocycles. The van der Waals surface area contributed by atoms with Crippen molar-refractivity contribution in [2.24, 2.45) is 0 Å². The van der Waals surface area contributed by atoms with Gasteiger partial charge in [0.25, 0.3) is 0 Å². The molecule has 1 amide bonds. The topological polar surface area (TPSA) is 47.4 Å². The molecule has 174 valence electrons. The van der Waals surface area contributed by atoms with E-state index in [9.17, 15) is 4.79 Å². The summed E-state index contributed by atoms with van der Waals surface area (Å²) in [5, 5.41) is 0.667. The summed E-state index contributed by atoms with van der Waals surface area (Å²) in [5.41, 5.74) is 4.21. The van der Waals surface area contributed by atoms with Gasteiger partial charge in [-0.15, -0.1) is 0 Å². The number of aromatic nitrogens is 2. The molecule has 1 aliphatic heterocycles. The molecule has 1 atom stereocenters. The van der Waals surface area contributed by atoms with Crippen LogP contribution in [-0.4, -0.2) is 28.6 Å². The van der Waals surface area contributed by atoms with Gasteiger partial charge in [0.1, 0.15) is 11.6 Å². The van der Waals surface area contributed by atoms with Crippen molar-refractivity contribution in [3.05, 3.63) is 89.2 Å². The van der Waals surface area contributed by atoms with Crippen molar-refractivity contribution in [3.8, 4) is 5.75 Å². The molecule has 0 radical (unpaired) electrons. The van der Waals surface area contributed by atoms with Crippen LogP contribution in [0.4, 0.5) is 5.69 Å². The zero-order valence-corrected chi connectivity index (χ0v) is 20.0. The summed E-state index contributed by atoms with van der Waals surface area (Å²) in [6, 6.07) is 23.8. The maximum Gasteiger partial charge on any atom is 0.227 e. The van der Waals surface area contributed by atoms with E-state index in [2.05, 4.69) is 29.7 Å². The monoisotopic (exact) mass is 473 g/mol. The molecule has 5 nitrogen and oxygen atoms in total. The first-order valence-electron chi connectivity index (χ1n) is 11.8. The summed E-state index contributed by atoms with van der Waals surface area (Å²) in [4.78, 5) is 19.7. The Balaban J connectivity index is 1.28. The average molecular weight is 474 g/mol. The van der Waals surface area contributed by atoms with E-state index in [0.717, 1.165) is 47.7 Å². The molecule has 0 N–H and O–H groups in total. The van der Waals surface area contributed by atoms with E-state index in [-0.39, 0.29) is 11.8 Å². The van der Waals surface area contributed by atoms with Crippen LogP contribution in [-0.2, 0) is 11.3 Å². The van der Waals surface area contributed by atoms with Crippen LogP contribution in [0.5, 0.6) is 5.75 Å². The Morgan fingerprint density at radius 2 is 1.76 bits per heavy atom. The molecule has 2 heterocycles. The molecule has 1 aliphatic rings. The highest BCUT2D eigenvalue weighted by Gasteiger charge is 2.34. The largest absolute Gasteiger partial charge is 0.494 e. The normalized spacial score (nSPS) is 15.9. The Kier molecular flexibility index (Phi) is 6.54. The Hall–Kier alpha value is -3.31. The third-order valence-corrected chi connectivity index (χ3v) is 6.63. The molecule has 3 aromatic carbocycles. The average Bonchev–Trinajstić information content (AvgIpc) is 3.41. The van der Waals surface area contributed by atoms with Crippen molar-refractivity contribution < 1.29 is 9.53 Å². The minimum absolute atomic E-state index is 0.0550. The summed E-state index contributed by atoms with van der Waals surface area (Å²) in [6.07, 6.45) is 2.38. The number of aryl methyl sites for hydroxylation is 2. The molecule has 0 unspecified atom stereocenters.